The van der Waals surface area contributed by atoms with E-state index in [1.807, 2.05) is 30.3 Å². The van der Waals surface area contributed by atoms with E-state index in [0.29, 0.717) is 13.1 Å². The van der Waals surface area contributed by atoms with Gasteiger partial charge >= 0.3 is 5.69 Å². The van der Waals surface area contributed by atoms with Crippen molar-refractivity contribution >= 4 is 11.5 Å². The fraction of sp³-hybridized carbons (Fsp3) is 0.333. The van der Waals surface area contributed by atoms with Gasteiger partial charge in [0.15, 0.2) is 0 Å². The van der Waals surface area contributed by atoms with Crippen LogP contribution >= 0.6 is 0 Å². The van der Waals surface area contributed by atoms with Gasteiger partial charge in [0.25, 0.3) is 5.56 Å². The molecule has 1 unspecified atom stereocenters. The number of hydrogen-bond acceptors (Lipinski definition) is 4. The number of hydrogen-bond donors (Lipinski definition) is 3. The number of nitrogens with one attached hydrogen (secondary N) is 2. The second kappa shape index (κ2) is 6.30. The lowest BCUT2D eigenvalue weighted by atomic mass is 10.0. The first kappa shape index (κ1) is 14.9. The SMILES string of the molecule is CCn1c(N)c(NCC(C)c2ccccc2)c(=O)[nH]c1=O. The van der Waals surface area contributed by atoms with Crippen molar-refractivity contribution in [3.8, 4) is 0 Å². The molecule has 0 saturated carbocycles. The lowest BCUT2D eigenvalue weighted by Crippen LogP contribution is -2.34. The highest BCUT2D eigenvalue weighted by atomic mass is 16.2. The molecule has 0 amide bonds. The molecular formula is C15H20N4O2. The van der Waals surface area contributed by atoms with E-state index in [1.165, 1.54) is 10.1 Å². The second-order valence-electron chi connectivity index (χ2n) is 4.96. The molecule has 0 aliphatic carbocycles. The Morgan fingerprint density at radius 1 is 1.29 bits per heavy atom. The normalized spacial score (nSPS) is 12.1. The average Bonchev–Trinajstić information content (AvgIpc) is 2.47. The number of nitrogens with zero attached hydrogens (tertiary/aromatic N) is 1. The van der Waals surface area contributed by atoms with Crippen LogP contribution in [-0.2, 0) is 6.54 Å². The second-order valence-corrected chi connectivity index (χ2v) is 4.96. The Labute approximate surface area is 122 Å². The lowest BCUT2D eigenvalue weighted by molar-refractivity contribution is 0.704. The smallest absolute Gasteiger partial charge is 0.330 e. The fourth-order valence-corrected chi connectivity index (χ4v) is 2.23. The summed E-state index contributed by atoms with van der Waals surface area (Å²) < 4.78 is 1.33. The maximum Gasteiger partial charge on any atom is 0.330 e. The van der Waals surface area contributed by atoms with E-state index in [9.17, 15) is 9.59 Å². The molecule has 1 aromatic heterocycles. The minimum atomic E-state index is -0.485. The van der Waals surface area contributed by atoms with Crippen molar-refractivity contribution in [1.29, 1.82) is 0 Å². The maximum atomic E-state index is 11.9. The third kappa shape index (κ3) is 3.16. The van der Waals surface area contributed by atoms with Crippen molar-refractivity contribution in [1.82, 2.24) is 9.55 Å². The summed E-state index contributed by atoms with van der Waals surface area (Å²) in [5.41, 5.74) is 6.35. The van der Waals surface area contributed by atoms with E-state index in [0.717, 1.165) is 0 Å². The summed E-state index contributed by atoms with van der Waals surface area (Å²) in [7, 11) is 0. The van der Waals surface area contributed by atoms with Crippen molar-refractivity contribution < 1.29 is 0 Å². The predicted octanol–water partition coefficient (Wildman–Crippen LogP) is 1.35. The first-order valence-corrected chi connectivity index (χ1v) is 6.96. The van der Waals surface area contributed by atoms with Gasteiger partial charge in [0, 0.05) is 13.1 Å². The largest absolute Gasteiger partial charge is 0.383 e. The summed E-state index contributed by atoms with van der Waals surface area (Å²) in [5, 5.41) is 3.05. The Hall–Kier alpha value is -2.50. The molecule has 21 heavy (non-hydrogen) atoms. The third-order valence-corrected chi connectivity index (χ3v) is 3.51. The third-order valence-electron chi connectivity index (χ3n) is 3.51. The highest BCUT2D eigenvalue weighted by Gasteiger charge is 2.12. The van der Waals surface area contributed by atoms with E-state index in [1.54, 1.807) is 6.92 Å². The Kier molecular flexibility index (Phi) is 4.47. The number of nitrogen functional groups attached to an aromatic ring is 1. The summed E-state index contributed by atoms with van der Waals surface area (Å²) in [6.45, 7) is 4.82. The Morgan fingerprint density at radius 2 is 1.95 bits per heavy atom. The Balaban J connectivity index is 2.21. The number of rotatable bonds is 5. The number of benzene rings is 1. The van der Waals surface area contributed by atoms with Gasteiger partial charge in [-0.3, -0.25) is 14.3 Å². The average molecular weight is 288 g/mol. The van der Waals surface area contributed by atoms with E-state index in [2.05, 4.69) is 17.2 Å². The molecule has 1 aromatic carbocycles. The number of nitrogens with two attached hydrogens (primary N) is 1. The summed E-state index contributed by atoms with van der Waals surface area (Å²) in [6, 6.07) is 9.98. The maximum absolute atomic E-state index is 11.9. The van der Waals surface area contributed by atoms with Crippen molar-refractivity contribution in [3.05, 3.63) is 56.7 Å². The van der Waals surface area contributed by atoms with Gasteiger partial charge in [-0.2, -0.15) is 0 Å². The van der Waals surface area contributed by atoms with Gasteiger partial charge in [0.1, 0.15) is 11.5 Å². The molecule has 112 valence electrons. The molecule has 0 bridgehead atoms. The molecular weight excluding hydrogens is 268 g/mol. The molecule has 0 aliphatic heterocycles. The molecule has 4 N–H and O–H groups in total. The van der Waals surface area contributed by atoms with Crippen LogP contribution < -0.4 is 22.3 Å². The molecule has 0 spiro atoms. The number of aromatic nitrogens is 2. The van der Waals surface area contributed by atoms with E-state index in [-0.39, 0.29) is 17.4 Å². The van der Waals surface area contributed by atoms with Gasteiger partial charge in [0.05, 0.1) is 0 Å². The molecule has 1 heterocycles. The molecule has 0 radical (unpaired) electrons. The number of H-pyrrole nitrogens is 1. The number of anilines is 2. The summed E-state index contributed by atoms with van der Waals surface area (Å²) in [6.07, 6.45) is 0. The Bertz CT molecular complexity index is 719. The van der Waals surface area contributed by atoms with Gasteiger partial charge in [-0.05, 0) is 18.4 Å². The monoisotopic (exact) mass is 288 g/mol. The topological polar surface area (TPSA) is 92.9 Å². The standard InChI is InChI=1S/C15H20N4O2/c1-3-19-13(16)12(14(20)18-15(19)21)17-9-10(2)11-7-5-4-6-8-11/h4-8,10,17H,3,9,16H2,1-2H3,(H,18,20,21). The van der Waals surface area contributed by atoms with Crippen LogP contribution in [0.5, 0.6) is 0 Å². The van der Waals surface area contributed by atoms with Crippen molar-refractivity contribution in [3.63, 3.8) is 0 Å². The van der Waals surface area contributed by atoms with Crippen molar-refractivity contribution in [2.75, 3.05) is 17.6 Å². The van der Waals surface area contributed by atoms with Gasteiger partial charge in [-0.1, -0.05) is 37.3 Å². The van der Waals surface area contributed by atoms with Crippen LogP contribution in [0.3, 0.4) is 0 Å². The summed E-state index contributed by atoms with van der Waals surface area (Å²) in [4.78, 5) is 25.7. The van der Waals surface area contributed by atoms with Crippen LogP contribution in [0.1, 0.15) is 25.3 Å². The summed E-state index contributed by atoms with van der Waals surface area (Å²) >= 11 is 0. The van der Waals surface area contributed by atoms with Crippen LogP contribution in [0.4, 0.5) is 11.5 Å². The van der Waals surface area contributed by atoms with Crippen LogP contribution in [0.15, 0.2) is 39.9 Å². The predicted molar refractivity (Wildman–Crippen MR) is 84.8 cm³/mol. The van der Waals surface area contributed by atoms with Crippen LogP contribution in [0.2, 0.25) is 0 Å². The molecule has 1 atom stereocenters. The van der Waals surface area contributed by atoms with Gasteiger partial charge in [-0.25, -0.2) is 4.79 Å². The van der Waals surface area contributed by atoms with Crippen LogP contribution in [0, 0.1) is 0 Å². The number of aromatic amines is 1. The zero-order chi connectivity index (χ0) is 15.4. The zero-order valence-corrected chi connectivity index (χ0v) is 12.2. The Morgan fingerprint density at radius 3 is 2.57 bits per heavy atom. The van der Waals surface area contributed by atoms with Crippen LogP contribution in [-0.4, -0.2) is 16.1 Å². The highest BCUT2D eigenvalue weighted by Crippen LogP contribution is 2.16. The van der Waals surface area contributed by atoms with Gasteiger partial charge in [-0.15, -0.1) is 0 Å². The van der Waals surface area contributed by atoms with Crippen LogP contribution in [0.25, 0.3) is 0 Å². The first-order chi connectivity index (χ1) is 10.0. The lowest BCUT2D eigenvalue weighted by Gasteiger charge is -2.16. The van der Waals surface area contributed by atoms with Gasteiger partial charge < -0.3 is 11.1 Å². The molecule has 2 rings (SSSR count). The molecule has 6 heteroatoms. The van der Waals surface area contributed by atoms with E-state index >= 15 is 0 Å². The molecule has 0 saturated heterocycles. The molecule has 0 aliphatic rings. The van der Waals surface area contributed by atoms with E-state index in [4.69, 9.17) is 5.73 Å². The quantitative estimate of drug-likeness (QED) is 0.774. The first-order valence-electron chi connectivity index (χ1n) is 6.96. The van der Waals surface area contributed by atoms with Crippen molar-refractivity contribution in [2.45, 2.75) is 26.3 Å². The van der Waals surface area contributed by atoms with E-state index < -0.39 is 11.2 Å². The zero-order valence-electron chi connectivity index (χ0n) is 12.2. The van der Waals surface area contributed by atoms with Crippen molar-refractivity contribution in [2.24, 2.45) is 0 Å². The molecule has 2 aromatic rings. The highest BCUT2D eigenvalue weighted by molar-refractivity contribution is 5.60. The minimum Gasteiger partial charge on any atom is -0.383 e. The summed E-state index contributed by atoms with van der Waals surface area (Å²) in [5.74, 6) is 0.388. The molecule has 0 fully saturated rings. The minimum absolute atomic E-state index is 0.173. The fourth-order valence-electron chi connectivity index (χ4n) is 2.23. The molecule has 6 nitrogen and oxygen atoms in total. The van der Waals surface area contributed by atoms with Gasteiger partial charge in [0.2, 0.25) is 0 Å².